The molecule has 7 rings (SSSR count). The van der Waals surface area contributed by atoms with Gasteiger partial charge < -0.3 is 19.1 Å². The molecule has 9 heteroatoms. The van der Waals surface area contributed by atoms with E-state index in [1.807, 2.05) is 43.4 Å². The van der Waals surface area contributed by atoms with Crippen molar-refractivity contribution in [1.29, 1.82) is 0 Å². The first-order valence-corrected chi connectivity index (χ1v) is 16.1. The van der Waals surface area contributed by atoms with Crippen LogP contribution in [0, 0.1) is 6.92 Å². The average molecular weight is 598 g/mol. The molecule has 43 heavy (non-hydrogen) atoms. The molecule has 8 nitrogen and oxygen atoms in total. The second-order valence-electron chi connectivity index (χ2n) is 11.4. The van der Waals surface area contributed by atoms with E-state index in [9.17, 15) is 8.42 Å². The van der Waals surface area contributed by atoms with Gasteiger partial charge in [0.05, 0.1) is 42.6 Å². The van der Waals surface area contributed by atoms with Crippen LogP contribution < -0.4 is 14.4 Å². The van der Waals surface area contributed by atoms with Crippen LogP contribution >= 0.6 is 0 Å². The van der Waals surface area contributed by atoms with E-state index in [1.54, 1.807) is 23.5 Å². The van der Waals surface area contributed by atoms with Crippen molar-refractivity contribution < 1.29 is 22.6 Å². The molecule has 0 N–H and O–H groups in total. The first-order chi connectivity index (χ1) is 20.8. The Kier molecular flexibility index (Phi) is 7.12. The summed E-state index contributed by atoms with van der Waals surface area (Å²) in [5, 5.41) is 0. The van der Waals surface area contributed by atoms with Crippen molar-refractivity contribution >= 4 is 15.7 Å². The highest BCUT2D eigenvalue weighted by Crippen LogP contribution is 2.42. The van der Waals surface area contributed by atoms with Crippen LogP contribution in [0.3, 0.4) is 0 Å². The number of benzene rings is 3. The normalized spacial score (nSPS) is 18.3. The van der Waals surface area contributed by atoms with E-state index in [1.165, 1.54) is 0 Å². The molecule has 222 valence electrons. The SMILES string of the molecule is COc1ccc(-c2nc3c(c4c2C[C@H](c2ccccc2)OC4)CN(S(=O)(=O)c2ccc4c(c2)OCCN4C)CC3)c(C)c1. The van der Waals surface area contributed by atoms with Crippen LogP contribution in [-0.2, 0) is 40.8 Å². The number of rotatable bonds is 5. The monoisotopic (exact) mass is 597 g/mol. The van der Waals surface area contributed by atoms with Gasteiger partial charge in [0.2, 0.25) is 10.0 Å². The van der Waals surface area contributed by atoms with E-state index in [-0.39, 0.29) is 17.5 Å². The number of aryl methyl sites for hydroxylation is 1. The highest BCUT2D eigenvalue weighted by molar-refractivity contribution is 7.89. The van der Waals surface area contributed by atoms with Crippen molar-refractivity contribution in [2.45, 2.75) is 43.9 Å². The van der Waals surface area contributed by atoms with Crippen molar-refractivity contribution in [3.05, 3.63) is 100 Å². The van der Waals surface area contributed by atoms with Gasteiger partial charge in [-0.15, -0.1) is 0 Å². The zero-order valence-electron chi connectivity index (χ0n) is 24.7. The lowest BCUT2D eigenvalue weighted by atomic mass is 9.86. The molecular formula is C34H35N3O5S. The van der Waals surface area contributed by atoms with Crippen LogP contribution in [-0.4, -0.2) is 51.6 Å². The van der Waals surface area contributed by atoms with Crippen LogP contribution in [0.5, 0.6) is 11.5 Å². The third kappa shape index (κ3) is 4.95. The predicted molar refractivity (Wildman–Crippen MR) is 165 cm³/mol. The number of aromatic nitrogens is 1. The summed E-state index contributed by atoms with van der Waals surface area (Å²) in [6.07, 6.45) is 1.07. The molecule has 0 amide bonds. The Morgan fingerprint density at radius 1 is 0.977 bits per heavy atom. The number of hydrogen-bond acceptors (Lipinski definition) is 7. The fraction of sp³-hybridized carbons (Fsp3) is 0.324. The van der Waals surface area contributed by atoms with Gasteiger partial charge in [0, 0.05) is 50.3 Å². The van der Waals surface area contributed by atoms with E-state index in [0.29, 0.717) is 38.3 Å². The third-order valence-electron chi connectivity index (χ3n) is 8.88. The summed E-state index contributed by atoms with van der Waals surface area (Å²) in [5.41, 5.74) is 9.18. The van der Waals surface area contributed by atoms with Gasteiger partial charge in [-0.05, 0) is 65.1 Å². The van der Waals surface area contributed by atoms with E-state index in [4.69, 9.17) is 19.2 Å². The molecule has 0 radical (unpaired) electrons. The molecule has 1 atom stereocenters. The smallest absolute Gasteiger partial charge is 0.243 e. The first-order valence-electron chi connectivity index (χ1n) is 14.7. The molecule has 0 saturated heterocycles. The van der Waals surface area contributed by atoms with Crippen LogP contribution in [0.15, 0.2) is 71.6 Å². The number of ether oxygens (including phenoxy) is 3. The minimum absolute atomic E-state index is 0.108. The highest BCUT2D eigenvalue weighted by Gasteiger charge is 2.35. The van der Waals surface area contributed by atoms with Crippen molar-refractivity contribution in [1.82, 2.24) is 9.29 Å². The summed E-state index contributed by atoms with van der Waals surface area (Å²) in [6.45, 7) is 4.38. The maximum absolute atomic E-state index is 14.0. The van der Waals surface area contributed by atoms with Gasteiger partial charge in [-0.1, -0.05) is 30.3 Å². The quantitative estimate of drug-likeness (QED) is 0.303. The van der Waals surface area contributed by atoms with Crippen LogP contribution in [0.1, 0.15) is 39.6 Å². The maximum atomic E-state index is 14.0. The Hall–Kier alpha value is -3.92. The molecule has 0 spiro atoms. The molecule has 3 aliphatic rings. The Balaban J connectivity index is 1.29. The second-order valence-corrected chi connectivity index (χ2v) is 13.4. The molecule has 0 bridgehead atoms. The summed E-state index contributed by atoms with van der Waals surface area (Å²) in [6, 6.07) is 21.5. The van der Waals surface area contributed by atoms with Crippen molar-refractivity contribution in [3.8, 4) is 22.8 Å². The van der Waals surface area contributed by atoms with Crippen molar-refractivity contribution in [3.63, 3.8) is 0 Å². The summed E-state index contributed by atoms with van der Waals surface area (Å²) in [7, 11) is -0.104. The second kappa shape index (κ2) is 11.0. The lowest BCUT2D eigenvalue weighted by Gasteiger charge is -2.35. The summed E-state index contributed by atoms with van der Waals surface area (Å²) < 4.78 is 47.2. The number of hydrogen-bond donors (Lipinski definition) is 0. The molecule has 0 saturated carbocycles. The molecule has 0 aliphatic carbocycles. The van der Waals surface area contributed by atoms with Gasteiger partial charge in [0.25, 0.3) is 0 Å². The van der Waals surface area contributed by atoms with Crippen LogP contribution in [0.2, 0.25) is 0 Å². The zero-order valence-corrected chi connectivity index (χ0v) is 25.5. The van der Waals surface area contributed by atoms with Gasteiger partial charge in [-0.3, -0.25) is 4.98 Å². The van der Waals surface area contributed by atoms with Gasteiger partial charge in [-0.2, -0.15) is 4.31 Å². The number of sulfonamides is 1. The van der Waals surface area contributed by atoms with E-state index < -0.39 is 10.0 Å². The van der Waals surface area contributed by atoms with Crippen molar-refractivity contribution in [2.24, 2.45) is 0 Å². The average Bonchev–Trinajstić information content (AvgIpc) is 3.04. The molecule has 4 heterocycles. The van der Waals surface area contributed by atoms with E-state index in [2.05, 4.69) is 30.0 Å². The highest BCUT2D eigenvalue weighted by atomic mass is 32.2. The fourth-order valence-electron chi connectivity index (χ4n) is 6.46. The Morgan fingerprint density at radius 3 is 2.60 bits per heavy atom. The predicted octanol–water partition coefficient (Wildman–Crippen LogP) is 5.46. The van der Waals surface area contributed by atoms with Crippen LogP contribution in [0.25, 0.3) is 11.3 Å². The third-order valence-corrected chi connectivity index (χ3v) is 10.7. The molecular weight excluding hydrogens is 562 g/mol. The Bertz CT molecular complexity index is 1810. The van der Waals surface area contributed by atoms with Crippen LogP contribution in [0.4, 0.5) is 5.69 Å². The Morgan fingerprint density at radius 2 is 1.81 bits per heavy atom. The number of anilines is 1. The molecule has 4 aromatic rings. The minimum atomic E-state index is -3.76. The summed E-state index contributed by atoms with van der Waals surface area (Å²) >= 11 is 0. The molecule has 0 unspecified atom stereocenters. The largest absolute Gasteiger partial charge is 0.497 e. The number of pyridine rings is 1. The van der Waals surface area contributed by atoms with E-state index in [0.717, 1.165) is 62.8 Å². The zero-order chi connectivity index (χ0) is 29.7. The number of fused-ring (bicyclic) bond motifs is 4. The molecule has 0 fully saturated rings. The summed E-state index contributed by atoms with van der Waals surface area (Å²) in [4.78, 5) is 7.58. The summed E-state index contributed by atoms with van der Waals surface area (Å²) in [5.74, 6) is 1.41. The van der Waals surface area contributed by atoms with Gasteiger partial charge in [-0.25, -0.2) is 8.42 Å². The molecule has 3 aliphatic heterocycles. The standard InChI is InChI=1S/C34H35N3O5S/c1-22-17-24(40-3)9-11-26(22)34-27-19-32(23-7-5-4-6-8-23)42-21-29(27)28-20-37(14-13-30(28)35-34)43(38,39)25-10-12-31-33(18-25)41-16-15-36(31)2/h4-12,17-18,32H,13-16,19-21H2,1-3H3/t32-/m1/s1. The lowest BCUT2D eigenvalue weighted by molar-refractivity contribution is 0.0265. The van der Waals surface area contributed by atoms with E-state index >= 15 is 0 Å². The number of likely N-dealkylation sites (N-methyl/N-ethyl adjacent to an activating group) is 1. The van der Waals surface area contributed by atoms with Gasteiger partial charge in [0.15, 0.2) is 0 Å². The Labute approximate surface area is 252 Å². The fourth-order valence-corrected chi connectivity index (χ4v) is 7.88. The molecule has 3 aromatic carbocycles. The van der Waals surface area contributed by atoms with Gasteiger partial charge in [0.1, 0.15) is 18.1 Å². The van der Waals surface area contributed by atoms with Crippen molar-refractivity contribution in [2.75, 3.05) is 38.8 Å². The first kappa shape index (κ1) is 27.9. The number of methoxy groups -OCH3 is 1. The maximum Gasteiger partial charge on any atom is 0.243 e. The number of nitrogens with zero attached hydrogens (tertiary/aromatic N) is 3. The topological polar surface area (TPSA) is 81.2 Å². The van der Waals surface area contributed by atoms with Gasteiger partial charge >= 0.3 is 0 Å². The minimum Gasteiger partial charge on any atom is -0.497 e. The molecule has 1 aromatic heterocycles. The lowest BCUT2D eigenvalue weighted by Crippen LogP contribution is -2.38.